The first-order chi connectivity index (χ1) is 12.5. The number of carbonyl (C=O) groups excluding carboxylic acids is 3. The largest absolute Gasteiger partial charge is 0.451 e. The van der Waals surface area contributed by atoms with Gasteiger partial charge in [-0.1, -0.05) is 24.3 Å². The zero-order valence-electron chi connectivity index (χ0n) is 14.1. The highest BCUT2D eigenvalue weighted by molar-refractivity contribution is 5.97. The normalized spacial score (nSPS) is 10.3. The molecule has 0 spiro atoms. The fourth-order valence-electron chi connectivity index (χ4n) is 2.37. The van der Waals surface area contributed by atoms with Crippen molar-refractivity contribution in [2.45, 2.75) is 6.92 Å². The lowest BCUT2D eigenvalue weighted by Gasteiger charge is -2.07. The van der Waals surface area contributed by atoms with E-state index in [9.17, 15) is 14.4 Å². The Morgan fingerprint density at radius 1 is 0.962 bits per heavy atom. The maximum absolute atomic E-state index is 12.1. The minimum absolute atomic E-state index is 0.0558. The summed E-state index contributed by atoms with van der Waals surface area (Å²) in [5.74, 6) is -1.20. The monoisotopic (exact) mass is 348 g/mol. The summed E-state index contributed by atoms with van der Waals surface area (Å²) in [6.07, 6.45) is 0. The number of benzene rings is 2. The van der Waals surface area contributed by atoms with Crippen LogP contribution in [0, 0.1) is 0 Å². The number of aromatic nitrogens is 1. The summed E-state index contributed by atoms with van der Waals surface area (Å²) in [6.45, 7) is 1.04. The van der Waals surface area contributed by atoms with E-state index in [1.807, 2.05) is 18.2 Å². The number of hydrogen-bond acceptors (Lipinski definition) is 5. The van der Waals surface area contributed by atoms with Crippen molar-refractivity contribution in [3.63, 3.8) is 0 Å². The number of carbonyl (C=O) groups is 3. The molecular formula is C20H16N2O4. The summed E-state index contributed by atoms with van der Waals surface area (Å²) in [6, 6.07) is 17.2. The molecule has 26 heavy (non-hydrogen) atoms. The van der Waals surface area contributed by atoms with Gasteiger partial charge in [-0.2, -0.15) is 0 Å². The SMILES string of the molecule is CC(=O)c1ccc(NC(=O)COC(=O)c2ccc3ccccc3n2)cc1. The van der Waals surface area contributed by atoms with E-state index in [2.05, 4.69) is 10.3 Å². The van der Waals surface area contributed by atoms with Gasteiger partial charge in [0.2, 0.25) is 0 Å². The summed E-state index contributed by atoms with van der Waals surface area (Å²) < 4.78 is 5.01. The predicted molar refractivity (Wildman–Crippen MR) is 97.1 cm³/mol. The minimum Gasteiger partial charge on any atom is -0.451 e. The molecule has 0 bridgehead atoms. The molecule has 1 heterocycles. The van der Waals surface area contributed by atoms with Gasteiger partial charge in [-0.05, 0) is 43.3 Å². The van der Waals surface area contributed by atoms with Gasteiger partial charge in [-0.3, -0.25) is 9.59 Å². The topological polar surface area (TPSA) is 85.4 Å². The van der Waals surface area contributed by atoms with E-state index in [4.69, 9.17) is 4.74 Å². The van der Waals surface area contributed by atoms with Gasteiger partial charge >= 0.3 is 5.97 Å². The molecule has 1 aromatic heterocycles. The lowest BCUT2D eigenvalue weighted by Crippen LogP contribution is -2.21. The van der Waals surface area contributed by atoms with E-state index in [-0.39, 0.29) is 11.5 Å². The molecule has 0 unspecified atom stereocenters. The molecule has 6 nitrogen and oxygen atoms in total. The molecule has 0 aliphatic rings. The summed E-state index contributed by atoms with van der Waals surface area (Å²) in [5.41, 5.74) is 1.89. The number of pyridine rings is 1. The molecule has 0 aliphatic carbocycles. The third-order valence-corrected chi connectivity index (χ3v) is 3.72. The van der Waals surface area contributed by atoms with Crippen LogP contribution in [-0.2, 0) is 9.53 Å². The fraction of sp³-hybridized carbons (Fsp3) is 0.100. The van der Waals surface area contributed by atoms with Gasteiger partial charge < -0.3 is 10.1 Å². The minimum atomic E-state index is -0.669. The Labute approximate surface area is 149 Å². The molecule has 130 valence electrons. The van der Waals surface area contributed by atoms with E-state index >= 15 is 0 Å². The predicted octanol–water partition coefficient (Wildman–Crippen LogP) is 3.23. The van der Waals surface area contributed by atoms with Gasteiger partial charge in [0.15, 0.2) is 12.4 Å². The molecule has 2 aromatic carbocycles. The number of Topliss-reactive ketones (excluding diaryl/α,β-unsaturated/α-hetero) is 1. The van der Waals surface area contributed by atoms with Gasteiger partial charge in [-0.15, -0.1) is 0 Å². The molecule has 3 aromatic rings. The van der Waals surface area contributed by atoms with Crippen LogP contribution in [0.4, 0.5) is 5.69 Å². The smallest absolute Gasteiger partial charge is 0.357 e. The van der Waals surface area contributed by atoms with Crippen molar-refractivity contribution >= 4 is 34.3 Å². The van der Waals surface area contributed by atoms with Crippen LogP contribution in [-0.4, -0.2) is 29.3 Å². The highest BCUT2D eigenvalue weighted by atomic mass is 16.5. The number of hydrogen-bond donors (Lipinski definition) is 1. The number of para-hydroxylation sites is 1. The number of nitrogens with one attached hydrogen (secondary N) is 1. The maximum atomic E-state index is 12.1. The highest BCUT2D eigenvalue weighted by Crippen LogP contribution is 2.13. The van der Waals surface area contributed by atoms with Crippen LogP contribution in [0.15, 0.2) is 60.7 Å². The Bertz CT molecular complexity index is 981. The third kappa shape index (κ3) is 4.10. The quantitative estimate of drug-likeness (QED) is 0.565. The number of anilines is 1. The second-order valence-corrected chi connectivity index (χ2v) is 5.65. The van der Waals surface area contributed by atoms with Crippen molar-refractivity contribution in [3.05, 3.63) is 71.9 Å². The van der Waals surface area contributed by atoms with Crippen LogP contribution < -0.4 is 5.32 Å². The molecule has 0 radical (unpaired) electrons. The average Bonchev–Trinajstić information content (AvgIpc) is 2.66. The van der Waals surface area contributed by atoms with E-state index < -0.39 is 18.5 Å². The van der Waals surface area contributed by atoms with E-state index in [0.29, 0.717) is 16.8 Å². The van der Waals surface area contributed by atoms with Crippen LogP contribution in [0.5, 0.6) is 0 Å². The van der Waals surface area contributed by atoms with Gasteiger partial charge in [-0.25, -0.2) is 9.78 Å². The second kappa shape index (κ2) is 7.57. The first-order valence-corrected chi connectivity index (χ1v) is 7.97. The van der Waals surface area contributed by atoms with Gasteiger partial charge in [0.1, 0.15) is 5.69 Å². The summed E-state index contributed by atoms with van der Waals surface area (Å²) in [5, 5.41) is 3.51. The number of esters is 1. The van der Waals surface area contributed by atoms with E-state index in [1.54, 1.807) is 42.5 Å². The van der Waals surface area contributed by atoms with Crippen LogP contribution >= 0.6 is 0 Å². The van der Waals surface area contributed by atoms with Crippen LogP contribution in [0.25, 0.3) is 10.9 Å². The maximum Gasteiger partial charge on any atom is 0.357 e. The van der Waals surface area contributed by atoms with Crippen LogP contribution in [0.3, 0.4) is 0 Å². The molecule has 1 N–H and O–H groups in total. The van der Waals surface area contributed by atoms with E-state index in [0.717, 1.165) is 5.39 Å². The Kier molecular flexibility index (Phi) is 5.03. The molecular weight excluding hydrogens is 332 g/mol. The highest BCUT2D eigenvalue weighted by Gasteiger charge is 2.12. The van der Waals surface area contributed by atoms with Crippen molar-refractivity contribution in [2.24, 2.45) is 0 Å². The van der Waals surface area contributed by atoms with Crippen molar-refractivity contribution in [2.75, 3.05) is 11.9 Å². The number of ether oxygens (including phenoxy) is 1. The average molecular weight is 348 g/mol. The lowest BCUT2D eigenvalue weighted by molar-refractivity contribution is -0.119. The molecule has 0 saturated heterocycles. The lowest BCUT2D eigenvalue weighted by atomic mass is 10.1. The van der Waals surface area contributed by atoms with Crippen molar-refractivity contribution in [3.8, 4) is 0 Å². The zero-order valence-corrected chi connectivity index (χ0v) is 14.1. The number of ketones is 1. The van der Waals surface area contributed by atoms with E-state index in [1.165, 1.54) is 6.92 Å². The summed E-state index contributed by atoms with van der Waals surface area (Å²) in [4.78, 5) is 39.4. The fourth-order valence-corrected chi connectivity index (χ4v) is 2.37. The van der Waals surface area contributed by atoms with Gasteiger partial charge in [0.05, 0.1) is 5.52 Å². The third-order valence-electron chi connectivity index (χ3n) is 3.72. The number of amides is 1. The summed E-state index contributed by atoms with van der Waals surface area (Å²) in [7, 11) is 0. The van der Waals surface area contributed by atoms with Crippen LogP contribution in [0.1, 0.15) is 27.8 Å². The Morgan fingerprint density at radius 3 is 2.42 bits per heavy atom. The molecule has 0 fully saturated rings. The Balaban J connectivity index is 1.57. The first kappa shape index (κ1) is 17.3. The molecule has 3 rings (SSSR count). The standard InChI is InChI=1S/C20H16N2O4/c1-13(23)14-6-9-16(10-7-14)21-19(24)12-26-20(25)18-11-8-15-4-2-3-5-17(15)22-18/h2-11H,12H2,1H3,(H,21,24). The second-order valence-electron chi connectivity index (χ2n) is 5.65. The summed E-state index contributed by atoms with van der Waals surface area (Å²) >= 11 is 0. The molecule has 1 amide bonds. The van der Waals surface area contributed by atoms with Crippen LogP contribution in [0.2, 0.25) is 0 Å². The first-order valence-electron chi connectivity index (χ1n) is 7.97. The molecule has 6 heteroatoms. The zero-order chi connectivity index (χ0) is 18.5. The van der Waals surface area contributed by atoms with Gasteiger partial charge in [0.25, 0.3) is 5.91 Å². The number of fused-ring (bicyclic) bond motifs is 1. The van der Waals surface area contributed by atoms with Gasteiger partial charge in [0, 0.05) is 16.6 Å². The molecule has 0 aliphatic heterocycles. The van der Waals surface area contributed by atoms with Crippen molar-refractivity contribution in [1.82, 2.24) is 4.98 Å². The van der Waals surface area contributed by atoms with Crippen molar-refractivity contribution in [1.29, 1.82) is 0 Å². The molecule has 0 atom stereocenters. The molecule has 0 saturated carbocycles. The Morgan fingerprint density at radius 2 is 1.69 bits per heavy atom. The Hall–Kier alpha value is -3.54. The van der Waals surface area contributed by atoms with Crippen molar-refractivity contribution < 1.29 is 19.1 Å². The number of nitrogens with zero attached hydrogens (tertiary/aromatic N) is 1. The number of rotatable bonds is 5.